The van der Waals surface area contributed by atoms with Gasteiger partial charge in [-0.25, -0.2) is 13.1 Å². The molecule has 3 nitrogen and oxygen atoms in total. The molecule has 0 aliphatic heterocycles. The number of halogens is 5. The van der Waals surface area contributed by atoms with Crippen molar-refractivity contribution in [3.63, 3.8) is 0 Å². The summed E-state index contributed by atoms with van der Waals surface area (Å²) in [6, 6.07) is 8.47. The Morgan fingerprint density at radius 2 is 1.61 bits per heavy atom. The van der Waals surface area contributed by atoms with Crippen LogP contribution in [-0.4, -0.2) is 8.42 Å². The van der Waals surface area contributed by atoms with Crippen LogP contribution in [0.4, 0.5) is 13.2 Å². The van der Waals surface area contributed by atoms with E-state index in [1.165, 1.54) is 0 Å². The summed E-state index contributed by atoms with van der Waals surface area (Å²) in [7, 11) is -4.20. The molecule has 0 aromatic heterocycles. The fourth-order valence-corrected chi connectivity index (χ4v) is 3.41. The quantitative estimate of drug-likeness (QED) is 0.845. The highest BCUT2D eigenvalue weighted by molar-refractivity contribution is 7.89. The average molecular weight is 384 g/mol. The molecule has 0 fully saturated rings. The lowest BCUT2D eigenvalue weighted by Gasteiger charge is -2.12. The number of rotatable bonds is 4. The largest absolute Gasteiger partial charge is 0.416 e. The molecule has 0 saturated carbocycles. The second-order valence-electron chi connectivity index (χ2n) is 4.59. The summed E-state index contributed by atoms with van der Waals surface area (Å²) in [6.45, 7) is -0.105. The average Bonchev–Trinajstić information content (AvgIpc) is 2.46. The zero-order valence-corrected chi connectivity index (χ0v) is 13.7. The smallest absolute Gasteiger partial charge is 0.207 e. The van der Waals surface area contributed by atoms with Crippen LogP contribution < -0.4 is 4.72 Å². The van der Waals surface area contributed by atoms with Gasteiger partial charge >= 0.3 is 6.18 Å². The van der Waals surface area contributed by atoms with Crippen LogP contribution >= 0.6 is 23.2 Å². The van der Waals surface area contributed by atoms with Crippen molar-refractivity contribution in [2.24, 2.45) is 0 Å². The number of nitrogens with one attached hydrogen (secondary N) is 1. The Morgan fingerprint density at radius 3 is 2.17 bits per heavy atom. The second kappa shape index (κ2) is 6.68. The van der Waals surface area contributed by atoms with E-state index in [9.17, 15) is 21.6 Å². The molecule has 0 aliphatic carbocycles. The van der Waals surface area contributed by atoms with Gasteiger partial charge in [-0.2, -0.15) is 13.2 Å². The van der Waals surface area contributed by atoms with Crippen LogP contribution in [0.2, 0.25) is 10.0 Å². The molecule has 124 valence electrons. The lowest BCUT2D eigenvalue weighted by Crippen LogP contribution is -2.24. The normalized spacial score (nSPS) is 12.4. The lowest BCUT2D eigenvalue weighted by molar-refractivity contribution is -0.137. The van der Waals surface area contributed by atoms with Crippen LogP contribution in [0.1, 0.15) is 11.1 Å². The standard InChI is InChI=1S/C14H10Cl2F3NO2S/c15-11-4-1-9(2-5-11)8-20-23(21,22)13-7-10(14(17,18)19)3-6-12(13)16/h1-7,20H,8H2. The van der Waals surface area contributed by atoms with Gasteiger partial charge in [0.1, 0.15) is 4.90 Å². The molecule has 9 heteroatoms. The maximum Gasteiger partial charge on any atom is 0.416 e. The van der Waals surface area contributed by atoms with Crippen molar-refractivity contribution in [2.45, 2.75) is 17.6 Å². The summed E-state index contributed by atoms with van der Waals surface area (Å²) >= 11 is 11.4. The van der Waals surface area contributed by atoms with E-state index in [4.69, 9.17) is 23.2 Å². The number of alkyl halides is 3. The molecule has 1 N–H and O–H groups in total. The Labute approximate surface area is 141 Å². The minimum atomic E-state index is -4.66. The molecule has 2 rings (SSSR count). The first-order chi connectivity index (χ1) is 10.6. The summed E-state index contributed by atoms with van der Waals surface area (Å²) in [4.78, 5) is -0.622. The van der Waals surface area contributed by atoms with Gasteiger partial charge in [0.2, 0.25) is 10.0 Å². The van der Waals surface area contributed by atoms with Gasteiger partial charge in [-0.1, -0.05) is 35.3 Å². The van der Waals surface area contributed by atoms with Gasteiger partial charge in [0.25, 0.3) is 0 Å². The van der Waals surface area contributed by atoms with Crippen LogP contribution in [0.25, 0.3) is 0 Å². The molecule has 23 heavy (non-hydrogen) atoms. The Hall–Kier alpha value is -1.28. The van der Waals surface area contributed by atoms with E-state index in [0.29, 0.717) is 16.7 Å². The van der Waals surface area contributed by atoms with Crippen molar-refractivity contribution < 1.29 is 21.6 Å². The Balaban J connectivity index is 2.27. The molecule has 0 atom stereocenters. The summed E-state index contributed by atoms with van der Waals surface area (Å²) in [6.07, 6.45) is -4.66. The third-order valence-corrected chi connectivity index (χ3v) is 5.06. The van der Waals surface area contributed by atoms with Crippen molar-refractivity contribution in [2.75, 3.05) is 0 Å². The molecule has 0 saturated heterocycles. The van der Waals surface area contributed by atoms with Crippen LogP contribution in [0.15, 0.2) is 47.4 Å². The summed E-state index contributed by atoms with van der Waals surface area (Å²) < 4.78 is 64.7. The first-order valence-electron chi connectivity index (χ1n) is 6.20. The minimum Gasteiger partial charge on any atom is -0.207 e. The molecule has 0 bridgehead atoms. The minimum absolute atomic E-state index is 0.105. The molecule has 0 radical (unpaired) electrons. The van der Waals surface area contributed by atoms with Crippen LogP contribution in [-0.2, 0) is 22.7 Å². The van der Waals surface area contributed by atoms with Crippen LogP contribution in [0.5, 0.6) is 0 Å². The fourth-order valence-electron chi connectivity index (χ4n) is 1.74. The van der Waals surface area contributed by atoms with Crippen molar-refractivity contribution in [1.29, 1.82) is 0 Å². The first-order valence-corrected chi connectivity index (χ1v) is 8.44. The van der Waals surface area contributed by atoms with Gasteiger partial charge in [0, 0.05) is 11.6 Å². The van der Waals surface area contributed by atoms with E-state index in [0.717, 1.165) is 12.1 Å². The summed E-state index contributed by atoms with van der Waals surface area (Å²) in [5, 5.41) is 0.194. The Bertz CT molecular complexity index is 806. The van der Waals surface area contributed by atoms with Gasteiger partial charge in [0.05, 0.1) is 10.6 Å². The van der Waals surface area contributed by atoms with Gasteiger partial charge in [-0.05, 0) is 35.9 Å². The molecule has 0 aliphatic rings. The van der Waals surface area contributed by atoms with Gasteiger partial charge < -0.3 is 0 Å². The van der Waals surface area contributed by atoms with Gasteiger partial charge in [0.15, 0.2) is 0 Å². The SMILES string of the molecule is O=S(=O)(NCc1ccc(Cl)cc1)c1cc(C(F)(F)F)ccc1Cl. The first kappa shape index (κ1) is 18.1. The second-order valence-corrected chi connectivity index (χ2v) is 7.17. The van der Waals surface area contributed by atoms with E-state index in [1.54, 1.807) is 24.3 Å². The summed E-state index contributed by atoms with van der Waals surface area (Å²) in [5.41, 5.74) is -0.491. The molecule has 2 aromatic carbocycles. The maximum absolute atomic E-state index is 12.7. The lowest BCUT2D eigenvalue weighted by atomic mass is 10.2. The monoisotopic (exact) mass is 383 g/mol. The van der Waals surface area contributed by atoms with E-state index in [-0.39, 0.29) is 11.6 Å². The number of sulfonamides is 1. The molecule has 2 aromatic rings. The predicted octanol–water partition coefficient (Wildman–Crippen LogP) is 4.49. The number of benzene rings is 2. The van der Waals surface area contributed by atoms with Crippen molar-refractivity contribution >= 4 is 33.2 Å². The zero-order chi connectivity index (χ0) is 17.3. The predicted molar refractivity (Wildman–Crippen MR) is 81.9 cm³/mol. The van der Waals surface area contributed by atoms with Crippen molar-refractivity contribution in [3.8, 4) is 0 Å². The highest BCUT2D eigenvalue weighted by Crippen LogP contribution is 2.33. The highest BCUT2D eigenvalue weighted by Gasteiger charge is 2.32. The molecular weight excluding hydrogens is 374 g/mol. The number of hydrogen-bond acceptors (Lipinski definition) is 2. The maximum atomic E-state index is 12.7. The van der Waals surface area contributed by atoms with Crippen LogP contribution in [0.3, 0.4) is 0 Å². The third kappa shape index (κ3) is 4.60. The Morgan fingerprint density at radius 1 is 1.00 bits per heavy atom. The molecule has 0 unspecified atom stereocenters. The molecular formula is C14H10Cl2F3NO2S. The summed E-state index contributed by atoms with van der Waals surface area (Å²) in [5.74, 6) is 0. The van der Waals surface area contributed by atoms with Crippen molar-refractivity contribution in [1.82, 2.24) is 4.72 Å². The topological polar surface area (TPSA) is 46.2 Å². The highest BCUT2D eigenvalue weighted by atomic mass is 35.5. The Kier molecular flexibility index (Phi) is 5.25. The van der Waals surface area contributed by atoms with Gasteiger partial charge in [-0.3, -0.25) is 0 Å². The van der Waals surface area contributed by atoms with E-state index in [2.05, 4.69) is 4.72 Å². The number of hydrogen-bond donors (Lipinski definition) is 1. The van der Waals surface area contributed by atoms with Gasteiger partial charge in [-0.15, -0.1) is 0 Å². The molecule has 0 heterocycles. The van der Waals surface area contributed by atoms with Crippen LogP contribution in [0, 0.1) is 0 Å². The van der Waals surface area contributed by atoms with Crippen molar-refractivity contribution in [3.05, 3.63) is 63.6 Å². The van der Waals surface area contributed by atoms with E-state index < -0.39 is 26.7 Å². The fraction of sp³-hybridized carbons (Fsp3) is 0.143. The van der Waals surface area contributed by atoms with E-state index >= 15 is 0 Å². The zero-order valence-electron chi connectivity index (χ0n) is 11.4. The van der Waals surface area contributed by atoms with E-state index in [1.807, 2.05) is 0 Å². The molecule has 0 amide bonds. The molecule has 0 spiro atoms. The third-order valence-electron chi connectivity index (χ3n) is 2.93.